The normalized spacial score (nSPS) is 19.3. The lowest BCUT2D eigenvalue weighted by Crippen LogP contribution is -2.43. The number of rotatable bonds is 2. The third-order valence-corrected chi connectivity index (χ3v) is 2.98. The average molecular weight is 212 g/mol. The molecule has 1 aliphatic rings. The van der Waals surface area contributed by atoms with E-state index in [0.29, 0.717) is 0 Å². The van der Waals surface area contributed by atoms with E-state index in [4.69, 9.17) is 0 Å². The SMILES string of the molecule is CC(=O)N1CCC(CNC(C)(C)C)CC1. The van der Waals surface area contributed by atoms with E-state index in [1.54, 1.807) is 6.92 Å². The summed E-state index contributed by atoms with van der Waals surface area (Å²) in [6.07, 6.45) is 2.28. The van der Waals surface area contributed by atoms with Gasteiger partial charge in [-0.05, 0) is 46.1 Å². The second kappa shape index (κ2) is 4.97. The third kappa shape index (κ3) is 4.65. The number of likely N-dealkylation sites (tertiary alicyclic amines) is 1. The monoisotopic (exact) mass is 212 g/mol. The van der Waals surface area contributed by atoms with Crippen LogP contribution in [-0.4, -0.2) is 36.0 Å². The molecule has 0 bridgehead atoms. The van der Waals surface area contributed by atoms with Gasteiger partial charge in [0.15, 0.2) is 0 Å². The molecule has 1 rings (SSSR count). The van der Waals surface area contributed by atoms with Gasteiger partial charge in [0.2, 0.25) is 5.91 Å². The molecule has 0 aliphatic carbocycles. The Balaban J connectivity index is 2.23. The van der Waals surface area contributed by atoms with Crippen LogP contribution in [0.5, 0.6) is 0 Å². The minimum absolute atomic E-state index is 0.206. The van der Waals surface area contributed by atoms with Crippen molar-refractivity contribution in [2.24, 2.45) is 5.92 Å². The minimum Gasteiger partial charge on any atom is -0.343 e. The highest BCUT2D eigenvalue weighted by atomic mass is 16.2. The first-order valence-corrected chi connectivity index (χ1v) is 5.89. The van der Waals surface area contributed by atoms with Crippen molar-refractivity contribution in [3.8, 4) is 0 Å². The lowest BCUT2D eigenvalue weighted by atomic mass is 9.95. The molecule has 1 aliphatic heterocycles. The van der Waals surface area contributed by atoms with Crippen LogP contribution in [0.25, 0.3) is 0 Å². The number of nitrogens with one attached hydrogen (secondary N) is 1. The summed E-state index contributed by atoms with van der Waals surface area (Å²) in [6, 6.07) is 0. The molecule has 1 N–H and O–H groups in total. The maximum atomic E-state index is 11.1. The van der Waals surface area contributed by atoms with Crippen LogP contribution in [0.1, 0.15) is 40.5 Å². The van der Waals surface area contributed by atoms with E-state index in [9.17, 15) is 4.79 Å². The number of amides is 1. The first kappa shape index (κ1) is 12.5. The molecular weight excluding hydrogens is 188 g/mol. The summed E-state index contributed by atoms with van der Waals surface area (Å²) in [6.45, 7) is 11.2. The lowest BCUT2D eigenvalue weighted by Gasteiger charge is -2.33. The molecule has 0 aromatic carbocycles. The van der Waals surface area contributed by atoms with Gasteiger partial charge in [0.05, 0.1) is 0 Å². The fourth-order valence-electron chi connectivity index (χ4n) is 1.90. The molecule has 0 aromatic heterocycles. The van der Waals surface area contributed by atoms with Crippen molar-refractivity contribution in [3.63, 3.8) is 0 Å². The van der Waals surface area contributed by atoms with E-state index in [-0.39, 0.29) is 11.4 Å². The Kier molecular flexibility index (Phi) is 4.14. The van der Waals surface area contributed by atoms with E-state index in [1.807, 2.05) is 4.90 Å². The Labute approximate surface area is 93.2 Å². The zero-order chi connectivity index (χ0) is 11.5. The van der Waals surface area contributed by atoms with Crippen molar-refractivity contribution in [3.05, 3.63) is 0 Å². The van der Waals surface area contributed by atoms with Crippen LogP contribution in [0.3, 0.4) is 0 Å². The largest absolute Gasteiger partial charge is 0.343 e. The van der Waals surface area contributed by atoms with Crippen LogP contribution in [0, 0.1) is 5.92 Å². The van der Waals surface area contributed by atoms with Gasteiger partial charge in [0.25, 0.3) is 0 Å². The summed E-state index contributed by atoms with van der Waals surface area (Å²) >= 11 is 0. The molecule has 0 atom stereocenters. The quantitative estimate of drug-likeness (QED) is 0.754. The van der Waals surface area contributed by atoms with Crippen molar-refractivity contribution in [1.82, 2.24) is 10.2 Å². The van der Waals surface area contributed by atoms with Crippen molar-refractivity contribution in [2.45, 2.75) is 46.1 Å². The highest BCUT2D eigenvalue weighted by Gasteiger charge is 2.21. The molecule has 1 saturated heterocycles. The molecular formula is C12H24N2O. The van der Waals surface area contributed by atoms with Crippen molar-refractivity contribution < 1.29 is 4.79 Å². The van der Waals surface area contributed by atoms with Crippen molar-refractivity contribution >= 4 is 5.91 Å². The van der Waals surface area contributed by atoms with Gasteiger partial charge in [0, 0.05) is 25.6 Å². The fraction of sp³-hybridized carbons (Fsp3) is 0.917. The van der Waals surface area contributed by atoms with Crippen LogP contribution >= 0.6 is 0 Å². The molecule has 88 valence electrons. The Bertz CT molecular complexity index is 212. The van der Waals surface area contributed by atoms with Gasteiger partial charge in [-0.15, -0.1) is 0 Å². The zero-order valence-corrected chi connectivity index (χ0v) is 10.5. The van der Waals surface area contributed by atoms with Crippen molar-refractivity contribution in [1.29, 1.82) is 0 Å². The topological polar surface area (TPSA) is 32.3 Å². The maximum absolute atomic E-state index is 11.1. The van der Waals surface area contributed by atoms with E-state index in [2.05, 4.69) is 26.1 Å². The van der Waals surface area contributed by atoms with Gasteiger partial charge in [-0.25, -0.2) is 0 Å². The molecule has 1 heterocycles. The third-order valence-electron chi connectivity index (χ3n) is 2.98. The van der Waals surface area contributed by atoms with Gasteiger partial charge in [0.1, 0.15) is 0 Å². The second-order valence-corrected chi connectivity index (χ2v) is 5.58. The molecule has 0 saturated carbocycles. The van der Waals surface area contributed by atoms with Crippen molar-refractivity contribution in [2.75, 3.05) is 19.6 Å². The molecule has 3 nitrogen and oxygen atoms in total. The number of piperidine rings is 1. The highest BCUT2D eigenvalue weighted by molar-refractivity contribution is 5.73. The van der Waals surface area contributed by atoms with E-state index >= 15 is 0 Å². The van der Waals surface area contributed by atoms with Gasteiger partial charge in [-0.1, -0.05) is 0 Å². The smallest absolute Gasteiger partial charge is 0.219 e. The van der Waals surface area contributed by atoms with E-state index < -0.39 is 0 Å². The average Bonchev–Trinajstić information content (AvgIpc) is 2.14. The molecule has 0 radical (unpaired) electrons. The predicted molar refractivity (Wildman–Crippen MR) is 62.7 cm³/mol. The number of nitrogens with zero attached hydrogens (tertiary/aromatic N) is 1. The molecule has 3 heteroatoms. The van der Waals surface area contributed by atoms with E-state index in [1.165, 1.54) is 0 Å². The Morgan fingerprint density at radius 2 is 1.87 bits per heavy atom. The minimum atomic E-state index is 0.206. The number of carbonyl (C=O) groups is 1. The Morgan fingerprint density at radius 3 is 2.27 bits per heavy atom. The maximum Gasteiger partial charge on any atom is 0.219 e. The van der Waals surface area contributed by atoms with Crippen LogP contribution in [0.4, 0.5) is 0 Å². The summed E-state index contributed by atoms with van der Waals surface area (Å²) in [5.74, 6) is 0.956. The number of hydrogen-bond acceptors (Lipinski definition) is 2. The first-order chi connectivity index (χ1) is 6.88. The second-order valence-electron chi connectivity index (χ2n) is 5.58. The molecule has 1 fully saturated rings. The Morgan fingerprint density at radius 1 is 1.33 bits per heavy atom. The lowest BCUT2D eigenvalue weighted by molar-refractivity contribution is -0.130. The summed E-state index contributed by atoms with van der Waals surface area (Å²) in [4.78, 5) is 13.1. The Hall–Kier alpha value is -0.570. The summed E-state index contributed by atoms with van der Waals surface area (Å²) in [5, 5.41) is 3.53. The molecule has 0 unspecified atom stereocenters. The number of carbonyl (C=O) groups excluding carboxylic acids is 1. The summed E-state index contributed by atoms with van der Waals surface area (Å²) in [5.41, 5.74) is 0.206. The summed E-state index contributed by atoms with van der Waals surface area (Å²) in [7, 11) is 0. The fourth-order valence-corrected chi connectivity index (χ4v) is 1.90. The molecule has 15 heavy (non-hydrogen) atoms. The van der Waals surface area contributed by atoms with Crippen LogP contribution in [-0.2, 0) is 4.79 Å². The molecule has 0 aromatic rings. The standard InChI is InChI=1S/C12H24N2O/c1-10(15)14-7-5-11(6-8-14)9-13-12(2,3)4/h11,13H,5-9H2,1-4H3. The predicted octanol–water partition coefficient (Wildman–Crippen LogP) is 1.63. The zero-order valence-electron chi connectivity index (χ0n) is 10.5. The van der Waals surface area contributed by atoms with Crippen LogP contribution in [0.2, 0.25) is 0 Å². The molecule has 1 amide bonds. The van der Waals surface area contributed by atoms with Gasteiger partial charge >= 0.3 is 0 Å². The highest BCUT2D eigenvalue weighted by Crippen LogP contribution is 2.17. The van der Waals surface area contributed by atoms with Crippen LogP contribution in [0.15, 0.2) is 0 Å². The van der Waals surface area contributed by atoms with E-state index in [0.717, 1.165) is 38.4 Å². The van der Waals surface area contributed by atoms with Gasteiger partial charge < -0.3 is 10.2 Å². The molecule has 0 spiro atoms. The van der Waals surface area contributed by atoms with Gasteiger partial charge in [-0.2, -0.15) is 0 Å². The first-order valence-electron chi connectivity index (χ1n) is 5.89. The van der Waals surface area contributed by atoms with Gasteiger partial charge in [-0.3, -0.25) is 4.79 Å². The van der Waals surface area contributed by atoms with Crippen LogP contribution < -0.4 is 5.32 Å². The summed E-state index contributed by atoms with van der Waals surface area (Å²) < 4.78 is 0. The number of hydrogen-bond donors (Lipinski definition) is 1.